The third kappa shape index (κ3) is 4.84. The van der Waals surface area contributed by atoms with E-state index in [-0.39, 0.29) is 12.4 Å². The van der Waals surface area contributed by atoms with Crippen LogP contribution in [-0.4, -0.2) is 35.1 Å². The van der Waals surface area contributed by atoms with E-state index in [0.717, 1.165) is 6.42 Å². The Labute approximate surface area is 192 Å². The predicted octanol–water partition coefficient (Wildman–Crippen LogP) is 2.78. The average molecular weight is 456 g/mol. The Kier molecular flexibility index (Phi) is 7.37. The average Bonchev–Trinajstić information content (AvgIpc) is 2.79. The number of benzene rings is 1. The summed E-state index contributed by atoms with van der Waals surface area (Å²) < 4.78 is 11.9. The van der Waals surface area contributed by atoms with Gasteiger partial charge in [-0.25, -0.2) is 9.59 Å². The van der Waals surface area contributed by atoms with Crippen molar-refractivity contribution in [3.63, 3.8) is 0 Å². The van der Waals surface area contributed by atoms with Crippen molar-refractivity contribution < 1.29 is 19.1 Å². The molecule has 0 radical (unpaired) electrons. The Balaban J connectivity index is 1.99. The molecule has 10 nitrogen and oxygen atoms in total. The number of esters is 1. The summed E-state index contributed by atoms with van der Waals surface area (Å²) in [6.45, 7) is 8.00. The first-order chi connectivity index (χ1) is 15.8. The van der Waals surface area contributed by atoms with Crippen LogP contribution in [0.1, 0.15) is 56.0 Å². The molecule has 176 valence electrons. The van der Waals surface area contributed by atoms with Crippen molar-refractivity contribution in [2.75, 3.05) is 24.5 Å². The monoisotopic (exact) mass is 455 g/mol. The number of nitrogens with zero attached hydrogens (tertiary/aromatic N) is 2. The van der Waals surface area contributed by atoms with Crippen LogP contribution in [0.4, 0.5) is 11.6 Å². The molecule has 2 aromatic rings. The van der Waals surface area contributed by atoms with Gasteiger partial charge in [0.05, 0.1) is 19.3 Å². The molecular formula is C23H29N5O5. The van der Waals surface area contributed by atoms with E-state index < -0.39 is 23.5 Å². The number of anilines is 2. The maximum absolute atomic E-state index is 12.8. The first-order valence-electron chi connectivity index (χ1n) is 10.8. The van der Waals surface area contributed by atoms with Crippen molar-refractivity contribution in [1.29, 1.82) is 0 Å². The number of methoxy groups -OCH3 is 1. The van der Waals surface area contributed by atoms with Crippen LogP contribution in [0.15, 0.2) is 40.3 Å². The molecule has 1 atom stereocenters. The standard InChI is InChI=1S/C23H29N5O5/c1-6-11-28-20-18(13(3)17(14(4)24-20)22(30)33-7-2)19(25-23(28)31)26-27-21(29)15-9-8-10-16(12-15)32-5/h8-10,12-13,24H,6-7,11H2,1-5H3,(H,27,29)(H,25,26,31). The molecule has 1 amide bonds. The summed E-state index contributed by atoms with van der Waals surface area (Å²) in [5, 5.41) is 3.18. The smallest absolute Gasteiger partial charge is 0.351 e. The normalized spacial score (nSPS) is 14.8. The molecule has 0 saturated heterocycles. The van der Waals surface area contributed by atoms with E-state index in [1.807, 2.05) is 13.8 Å². The molecule has 10 heteroatoms. The summed E-state index contributed by atoms with van der Waals surface area (Å²) >= 11 is 0. The zero-order valence-electron chi connectivity index (χ0n) is 19.4. The first-order valence-corrected chi connectivity index (χ1v) is 10.8. The van der Waals surface area contributed by atoms with Gasteiger partial charge in [-0.05, 0) is 38.5 Å². The molecule has 1 aliphatic rings. The van der Waals surface area contributed by atoms with E-state index in [2.05, 4.69) is 21.2 Å². The quantitative estimate of drug-likeness (QED) is 0.410. The zero-order valence-corrected chi connectivity index (χ0v) is 19.4. The number of nitrogens with one attached hydrogen (secondary N) is 3. The van der Waals surface area contributed by atoms with Crippen LogP contribution >= 0.6 is 0 Å². The van der Waals surface area contributed by atoms with Crippen molar-refractivity contribution in [3.05, 3.63) is 57.1 Å². The number of hydrogen-bond donors (Lipinski definition) is 3. The van der Waals surface area contributed by atoms with Gasteiger partial charge in [-0.1, -0.05) is 19.9 Å². The lowest BCUT2D eigenvalue weighted by Crippen LogP contribution is -2.36. The highest BCUT2D eigenvalue weighted by atomic mass is 16.5. The van der Waals surface area contributed by atoms with Crippen molar-refractivity contribution in [3.8, 4) is 5.75 Å². The van der Waals surface area contributed by atoms with E-state index in [4.69, 9.17) is 9.47 Å². The van der Waals surface area contributed by atoms with E-state index in [1.54, 1.807) is 38.1 Å². The van der Waals surface area contributed by atoms with Gasteiger partial charge in [-0.3, -0.25) is 20.2 Å². The highest BCUT2D eigenvalue weighted by Gasteiger charge is 2.33. The minimum absolute atomic E-state index is 0.160. The van der Waals surface area contributed by atoms with Gasteiger partial charge in [0.15, 0.2) is 5.82 Å². The zero-order chi connectivity index (χ0) is 24.1. The number of ether oxygens (including phenoxy) is 2. The topological polar surface area (TPSA) is 124 Å². The van der Waals surface area contributed by atoms with Crippen LogP contribution in [0.5, 0.6) is 5.75 Å². The van der Waals surface area contributed by atoms with E-state index in [9.17, 15) is 14.4 Å². The molecule has 1 aliphatic heterocycles. The van der Waals surface area contributed by atoms with Gasteiger partial charge in [-0.2, -0.15) is 4.98 Å². The summed E-state index contributed by atoms with van der Waals surface area (Å²) in [5.41, 5.74) is 6.88. The molecular weight excluding hydrogens is 426 g/mol. The van der Waals surface area contributed by atoms with E-state index in [1.165, 1.54) is 11.7 Å². The largest absolute Gasteiger partial charge is 0.497 e. The Morgan fingerprint density at radius 2 is 2.03 bits per heavy atom. The fourth-order valence-electron chi connectivity index (χ4n) is 3.85. The third-order valence-electron chi connectivity index (χ3n) is 5.36. The summed E-state index contributed by atoms with van der Waals surface area (Å²) in [4.78, 5) is 42.2. The fraction of sp³-hybridized carbons (Fsp3) is 0.391. The van der Waals surface area contributed by atoms with Crippen molar-refractivity contribution in [1.82, 2.24) is 15.0 Å². The summed E-state index contributed by atoms with van der Waals surface area (Å²) in [7, 11) is 1.52. The third-order valence-corrected chi connectivity index (χ3v) is 5.36. The minimum Gasteiger partial charge on any atom is -0.497 e. The maximum Gasteiger partial charge on any atom is 0.351 e. The van der Waals surface area contributed by atoms with Crippen LogP contribution in [0.25, 0.3) is 0 Å². The van der Waals surface area contributed by atoms with Gasteiger partial charge in [-0.15, -0.1) is 0 Å². The summed E-state index contributed by atoms with van der Waals surface area (Å²) in [6.07, 6.45) is 0.719. The summed E-state index contributed by atoms with van der Waals surface area (Å²) in [6, 6.07) is 6.66. The maximum atomic E-state index is 12.8. The highest BCUT2D eigenvalue weighted by molar-refractivity contribution is 5.96. The van der Waals surface area contributed by atoms with E-state index >= 15 is 0 Å². The van der Waals surface area contributed by atoms with E-state index in [0.29, 0.717) is 40.5 Å². The second-order valence-corrected chi connectivity index (χ2v) is 7.57. The Morgan fingerprint density at radius 1 is 1.27 bits per heavy atom. The van der Waals surface area contributed by atoms with Crippen LogP contribution in [0.2, 0.25) is 0 Å². The SMILES string of the molecule is CCCn1c2c(c(NNC(=O)c3cccc(OC)c3)nc1=O)C(C)C(C(=O)OCC)=C(C)N2. The number of hydrazine groups is 1. The lowest BCUT2D eigenvalue weighted by atomic mass is 9.89. The minimum atomic E-state index is -0.471. The molecule has 3 N–H and O–H groups in total. The molecule has 1 aromatic carbocycles. The lowest BCUT2D eigenvalue weighted by Gasteiger charge is -2.30. The van der Waals surface area contributed by atoms with Gasteiger partial charge in [0.1, 0.15) is 11.6 Å². The van der Waals surface area contributed by atoms with Gasteiger partial charge >= 0.3 is 11.7 Å². The van der Waals surface area contributed by atoms with Gasteiger partial charge < -0.3 is 14.8 Å². The lowest BCUT2D eigenvalue weighted by molar-refractivity contribution is -0.138. The highest BCUT2D eigenvalue weighted by Crippen LogP contribution is 2.40. The Bertz CT molecular complexity index is 1150. The van der Waals surface area contributed by atoms with Gasteiger partial charge in [0.25, 0.3) is 5.91 Å². The molecule has 1 aromatic heterocycles. The number of rotatable bonds is 8. The summed E-state index contributed by atoms with van der Waals surface area (Å²) in [5.74, 6) is -0.0808. The predicted molar refractivity (Wildman–Crippen MR) is 124 cm³/mol. The number of carbonyl (C=O) groups is 2. The van der Waals surface area contributed by atoms with Crippen LogP contribution in [-0.2, 0) is 16.1 Å². The number of fused-ring (bicyclic) bond motifs is 1. The molecule has 0 aliphatic carbocycles. The van der Waals surface area contributed by atoms with Crippen molar-refractivity contribution in [2.24, 2.45) is 0 Å². The molecule has 0 spiro atoms. The van der Waals surface area contributed by atoms with Crippen LogP contribution < -0.4 is 26.6 Å². The number of amides is 1. The van der Waals surface area contributed by atoms with Gasteiger partial charge in [0.2, 0.25) is 0 Å². The molecule has 0 fully saturated rings. The Hall–Kier alpha value is -3.82. The molecule has 0 saturated carbocycles. The van der Waals surface area contributed by atoms with Crippen molar-refractivity contribution >= 4 is 23.5 Å². The number of aromatic nitrogens is 2. The number of allylic oxidation sites excluding steroid dienone is 1. The molecule has 1 unspecified atom stereocenters. The second-order valence-electron chi connectivity index (χ2n) is 7.57. The second kappa shape index (κ2) is 10.2. The molecule has 2 heterocycles. The molecule has 0 bridgehead atoms. The number of carbonyl (C=O) groups excluding carboxylic acids is 2. The van der Waals surface area contributed by atoms with Gasteiger partial charge in [0, 0.05) is 29.3 Å². The van der Waals surface area contributed by atoms with Crippen molar-refractivity contribution in [2.45, 2.75) is 46.6 Å². The Morgan fingerprint density at radius 3 is 2.70 bits per heavy atom. The molecule has 3 rings (SSSR count). The fourth-order valence-corrected chi connectivity index (χ4v) is 3.85. The number of hydrogen-bond acceptors (Lipinski definition) is 8. The molecule has 33 heavy (non-hydrogen) atoms. The van der Waals surface area contributed by atoms with Crippen LogP contribution in [0, 0.1) is 0 Å². The first kappa shape index (κ1) is 23.8. The van der Waals surface area contributed by atoms with Crippen LogP contribution in [0.3, 0.4) is 0 Å².